The minimum absolute atomic E-state index is 0.205. The summed E-state index contributed by atoms with van der Waals surface area (Å²) in [5.74, 6) is -0.0349. The third-order valence-electron chi connectivity index (χ3n) is 4.09. The number of hydrogen-bond donors (Lipinski definition) is 2. The number of aromatic hydroxyl groups is 1. The van der Waals surface area contributed by atoms with E-state index in [-0.39, 0.29) is 11.7 Å². The molecule has 0 radical (unpaired) electrons. The summed E-state index contributed by atoms with van der Waals surface area (Å²) in [6.45, 7) is 8.04. The van der Waals surface area contributed by atoms with Crippen LogP contribution in [0.4, 0.5) is 5.69 Å². The quantitative estimate of drug-likeness (QED) is 0.596. The summed E-state index contributed by atoms with van der Waals surface area (Å²) in [5.41, 5.74) is 5.91. The first-order valence-electron chi connectivity index (χ1n) is 8.60. The van der Waals surface area contributed by atoms with Gasteiger partial charge in [-0.05, 0) is 74.4 Å². The lowest BCUT2D eigenvalue weighted by Crippen LogP contribution is -2.22. The number of nitrogens with zero attached hydrogens (tertiary/aromatic N) is 2. The Hall–Kier alpha value is -2.82. The van der Waals surface area contributed by atoms with E-state index in [1.807, 2.05) is 31.2 Å². The van der Waals surface area contributed by atoms with Crippen LogP contribution in [0.1, 0.15) is 43.1 Å². The van der Waals surface area contributed by atoms with Gasteiger partial charge in [-0.1, -0.05) is 6.92 Å². The Balaban J connectivity index is 2.08. The van der Waals surface area contributed by atoms with E-state index in [0.29, 0.717) is 12.0 Å². The zero-order chi connectivity index (χ0) is 18.2. The topological polar surface area (TPSA) is 64.9 Å². The number of nitrogens with one attached hydrogen (secondary N) is 1. The van der Waals surface area contributed by atoms with Crippen molar-refractivity contribution in [2.75, 3.05) is 18.0 Å². The third-order valence-corrected chi connectivity index (χ3v) is 4.09. The number of hydrogen-bond acceptors (Lipinski definition) is 4. The summed E-state index contributed by atoms with van der Waals surface area (Å²) in [5, 5.41) is 13.6. The summed E-state index contributed by atoms with van der Waals surface area (Å²) >= 11 is 0. The van der Waals surface area contributed by atoms with Gasteiger partial charge in [0.15, 0.2) is 0 Å². The van der Waals surface area contributed by atoms with Gasteiger partial charge in [0, 0.05) is 24.3 Å². The molecule has 5 heteroatoms. The zero-order valence-electron chi connectivity index (χ0n) is 15.0. The van der Waals surface area contributed by atoms with Gasteiger partial charge >= 0.3 is 0 Å². The van der Waals surface area contributed by atoms with E-state index in [2.05, 4.69) is 29.3 Å². The van der Waals surface area contributed by atoms with E-state index in [1.165, 1.54) is 0 Å². The fourth-order valence-corrected chi connectivity index (χ4v) is 2.60. The van der Waals surface area contributed by atoms with Crippen molar-refractivity contribution in [2.45, 2.75) is 27.2 Å². The van der Waals surface area contributed by atoms with Crippen molar-refractivity contribution in [3.63, 3.8) is 0 Å². The molecule has 0 heterocycles. The highest BCUT2D eigenvalue weighted by molar-refractivity contribution is 6.02. The standard InChI is InChI=1S/C20H25N3O2/c1-4-19(15-9-13-18(24)14-10-15)21-22-20(25)16-7-11-17(12-8-16)23(5-2)6-3/h7-14,24H,4-6H2,1-3H3,(H,22,25)/b21-19+. The van der Waals surface area contributed by atoms with Crippen molar-refractivity contribution in [3.8, 4) is 5.75 Å². The molecular weight excluding hydrogens is 314 g/mol. The normalized spacial score (nSPS) is 11.2. The lowest BCUT2D eigenvalue weighted by molar-refractivity contribution is 0.0955. The highest BCUT2D eigenvalue weighted by atomic mass is 16.3. The summed E-state index contributed by atoms with van der Waals surface area (Å²) in [4.78, 5) is 14.5. The van der Waals surface area contributed by atoms with Gasteiger partial charge in [-0.3, -0.25) is 4.79 Å². The first kappa shape index (κ1) is 18.5. The van der Waals surface area contributed by atoms with Crippen LogP contribution in [0.25, 0.3) is 0 Å². The minimum Gasteiger partial charge on any atom is -0.508 e. The number of amides is 1. The van der Waals surface area contributed by atoms with Gasteiger partial charge in [0.1, 0.15) is 5.75 Å². The van der Waals surface area contributed by atoms with Crippen molar-refractivity contribution in [3.05, 3.63) is 59.7 Å². The number of phenolic OH excluding ortho intramolecular Hbond substituents is 1. The molecule has 132 valence electrons. The number of hydrazone groups is 1. The second kappa shape index (κ2) is 8.87. The fraction of sp³-hybridized carbons (Fsp3) is 0.300. The van der Waals surface area contributed by atoms with Gasteiger partial charge in [0.25, 0.3) is 5.91 Å². The van der Waals surface area contributed by atoms with E-state index in [4.69, 9.17) is 0 Å². The highest BCUT2D eigenvalue weighted by Crippen LogP contribution is 2.15. The van der Waals surface area contributed by atoms with Gasteiger partial charge in [-0.25, -0.2) is 5.43 Å². The number of benzene rings is 2. The fourth-order valence-electron chi connectivity index (χ4n) is 2.60. The first-order valence-corrected chi connectivity index (χ1v) is 8.60. The molecule has 0 saturated carbocycles. The number of phenols is 1. The minimum atomic E-state index is -0.240. The Morgan fingerprint density at radius 2 is 1.52 bits per heavy atom. The predicted molar refractivity (Wildman–Crippen MR) is 102 cm³/mol. The number of anilines is 1. The molecule has 0 aliphatic carbocycles. The molecule has 0 fully saturated rings. The van der Waals surface area contributed by atoms with Gasteiger partial charge in [-0.15, -0.1) is 0 Å². The third kappa shape index (κ3) is 4.83. The average Bonchev–Trinajstić information content (AvgIpc) is 2.65. The summed E-state index contributed by atoms with van der Waals surface area (Å²) in [6, 6.07) is 14.3. The second-order valence-electron chi connectivity index (χ2n) is 5.62. The molecule has 0 saturated heterocycles. The Bertz CT molecular complexity index is 718. The van der Waals surface area contributed by atoms with Crippen LogP contribution in [0, 0.1) is 0 Å². The van der Waals surface area contributed by atoms with Crippen LogP contribution in [0.5, 0.6) is 5.75 Å². The Kier molecular flexibility index (Phi) is 6.57. The Morgan fingerprint density at radius 1 is 0.960 bits per heavy atom. The number of rotatable bonds is 7. The highest BCUT2D eigenvalue weighted by Gasteiger charge is 2.08. The second-order valence-corrected chi connectivity index (χ2v) is 5.62. The molecule has 2 N–H and O–H groups in total. The summed E-state index contributed by atoms with van der Waals surface area (Å²) < 4.78 is 0. The maximum absolute atomic E-state index is 12.3. The lowest BCUT2D eigenvalue weighted by atomic mass is 10.1. The van der Waals surface area contributed by atoms with Gasteiger partial charge < -0.3 is 10.0 Å². The first-order chi connectivity index (χ1) is 12.1. The molecule has 0 atom stereocenters. The van der Waals surface area contributed by atoms with Crippen LogP contribution >= 0.6 is 0 Å². The molecule has 2 aromatic rings. The zero-order valence-corrected chi connectivity index (χ0v) is 15.0. The SMILES string of the molecule is CC/C(=N\NC(=O)c1ccc(N(CC)CC)cc1)c1ccc(O)cc1. The summed E-state index contributed by atoms with van der Waals surface area (Å²) in [6.07, 6.45) is 0.673. The van der Waals surface area contributed by atoms with Gasteiger partial charge in [0.2, 0.25) is 0 Å². The average molecular weight is 339 g/mol. The van der Waals surface area contributed by atoms with Crippen LogP contribution in [0.3, 0.4) is 0 Å². The molecule has 0 bridgehead atoms. The molecule has 0 unspecified atom stereocenters. The number of carbonyl (C=O) groups excluding carboxylic acids is 1. The maximum Gasteiger partial charge on any atom is 0.271 e. The molecule has 2 rings (SSSR count). The van der Waals surface area contributed by atoms with Gasteiger partial charge in [-0.2, -0.15) is 5.10 Å². The molecular formula is C20H25N3O2. The molecule has 2 aromatic carbocycles. The van der Waals surface area contributed by atoms with E-state index in [9.17, 15) is 9.90 Å². The van der Waals surface area contributed by atoms with Crippen molar-refractivity contribution in [1.29, 1.82) is 0 Å². The van der Waals surface area contributed by atoms with Crippen molar-refractivity contribution in [1.82, 2.24) is 5.43 Å². The van der Waals surface area contributed by atoms with Gasteiger partial charge in [0.05, 0.1) is 5.71 Å². The van der Waals surface area contributed by atoms with Crippen LogP contribution in [0.2, 0.25) is 0 Å². The Morgan fingerprint density at radius 3 is 2.04 bits per heavy atom. The van der Waals surface area contributed by atoms with Crippen LogP contribution in [-0.4, -0.2) is 29.8 Å². The van der Waals surface area contributed by atoms with Crippen LogP contribution < -0.4 is 10.3 Å². The monoisotopic (exact) mass is 339 g/mol. The number of carbonyl (C=O) groups is 1. The van der Waals surface area contributed by atoms with E-state index in [0.717, 1.165) is 30.1 Å². The molecule has 0 aliphatic heterocycles. The molecule has 1 amide bonds. The van der Waals surface area contributed by atoms with Crippen LogP contribution in [-0.2, 0) is 0 Å². The lowest BCUT2D eigenvalue weighted by Gasteiger charge is -2.20. The van der Waals surface area contributed by atoms with Crippen molar-refractivity contribution >= 4 is 17.3 Å². The van der Waals surface area contributed by atoms with Crippen molar-refractivity contribution in [2.24, 2.45) is 5.10 Å². The van der Waals surface area contributed by atoms with E-state index < -0.39 is 0 Å². The molecule has 0 aliphatic rings. The largest absolute Gasteiger partial charge is 0.508 e. The molecule has 25 heavy (non-hydrogen) atoms. The Labute approximate surface area is 149 Å². The summed E-state index contributed by atoms with van der Waals surface area (Å²) in [7, 11) is 0. The smallest absolute Gasteiger partial charge is 0.271 e. The van der Waals surface area contributed by atoms with E-state index in [1.54, 1.807) is 24.3 Å². The van der Waals surface area contributed by atoms with E-state index >= 15 is 0 Å². The molecule has 0 aromatic heterocycles. The van der Waals surface area contributed by atoms with Crippen molar-refractivity contribution < 1.29 is 9.90 Å². The molecule has 0 spiro atoms. The maximum atomic E-state index is 12.3. The molecule has 5 nitrogen and oxygen atoms in total. The van der Waals surface area contributed by atoms with Crippen LogP contribution in [0.15, 0.2) is 53.6 Å². The predicted octanol–water partition coefficient (Wildman–Crippen LogP) is 3.78.